The van der Waals surface area contributed by atoms with Crippen molar-refractivity contribution in [1.82, 2.24) is 9.80 Å². The molecule has 0 unspecified atom stereocenters. The van der Waals surface area contributed by atoms with Crippen molar-refractivity contribution in [2.24, 2.45) is 29.4 Å². The zero-order chi connectivity index (χ0) is 37.3. The summed E-state index contributed by atoms with van der Waals surface area (Å²) in [6.45, 7) is 7.08. The number of hydrogen-bond acceptors (Lipinski definition) is 8. The van der Waals surface area contributed by atoms with E-state index in [1.807, 2.05) is 11.0 Å². The number of methoxy groups -OCH3 is 1. The average Bonchev–Trinajstić information content (AvgIpc) is 3.58. The number of benzene rings is 3. The number of halogens is 2. The van der Waals surface area contributed by atoms with Crippen LogP contribution in [0.1, 0.15) is 60.9 Å². The Labute approximate surface area is 311 Å². The summed E-state index contributed by atoms with van der Waals surface area (Å²) in [5, 5.41) is 0. The van der Waals surface area contributed by atoms with E-state index in [9.17, 15) is 22.4 Å². The number of nitrogens with zero attached hydrogens (tertiary/aromatic N) is 3. The first-order chi connectivity index (χ1) is 25.5. The van der Waals surface area contributed by atoms with Crippen LogP contribution in [0.5, 0.6) is 0 Å². The van der Waals surface area contributed by atoms with Crippen LogP contribution in [-0.4, -0.2) is 89.6 Å². The lowest BCUT2D eigenvalue weighted by Gasteiger charge is -2.54. The number of nitrogens with two attached hydrogens (primary N) is 1. The summed E-state index contributed by atoms with van der Waals surface area (Å²) >= 11 is 0. The summed E-state index contributed by atoms with van der Waals surface area (Å²) in [5.74, 6) is -0.471. The molecule has 7 rings (SSSR count). The van der Waals surface area contributed by atoms with E-state index in [4.69, 9.17) is 10.5 Å². The quantitative estimate of drug-likeness (QED) is 0.223. The van der Waals surface area contributed by atoms with E-state index in [0.717, 1.165) is 83.0 Å². The number of anilines is 1. The lowest BCUT2D eigenvalue weighted by molar-refractivity contribution is -0.142. The van der Waals surface area contributed by atoms with Crippen LogP contribution in [0.15, 0.2) is 76.5 Å². The minimum Gasteiger partial charge on any atom is -0.469 e. The number of rotatable bonds is 13. The second-order valence-electron chi connectivity index (χ2n) is 15.6. The number of carbonyl (C=O) groups excluding carboxylic acids is 2. The minimum atomic E-state index is -3.98. The summed E-state index contributed by atoms with van der Waals surface area (Å²) in [6, 6.07) is 16.6. The number of piperidine rings is 1. The van der Waals surface area contributed by atoms with E-state index in [1.54, 1.807) is 6.07 Å². The van der Waals surface area contributed by atoms with Gasteiger partial charge in [-0.2, -0.15) is 0 Å². The average molecular weight is 749 g/mol. The van der Waals surface area contributed by atoms with Crippen LogP contribution in [0.2, 0.25) is 0 Å². The van der Waals surface area contributed by atoms with Gasteiger partial charge in [0.1, 0.15) is 11.6 Å². The standard InChI is InChI=1S/C41H50F2N4O5S/c1-52-39(48)21-30-5-2-8-36(30)41(27-46-17-4-18-46,32-6-3-7-33(42)22-32)31-15-19-45(20-16-31)24-28-25-47(26-28)38-14-13-35(23-37(38)43)53(50,51)34-11-9-29(10-12-34)40(44)49/h3,6-7,9-14,22-23,28,30-31,36H,2,4-5,8,15-21,24-27H2,1H3,(H2,44,49)/t30-,36+,41+/m1/s1. The second kappa shape index (κ2) is 15.5. The van der Waals surface area contributed by atoms with Crippen molar-refractivity contribution in [3.8, 4) is 0 Å². The third kappa shape index (κ3) is 7.59. The molecule has 284 valence electrons. The Morgan fingerprint density at radius 1 is 0.868 bits per heavy atom. The van der Waals surface area contributed by atoms with Crippen LogP contribution in [0.25, 0.3) is 0 Å². The molecule has 1 saturated carbocycles. The first-order valence-corrected chi connectivity index (χ1v) is 20.4. The van der Waals surface area contributed by atoms with E-state index >= 15 is 4.39 Å². The van der Waals surface area contributed by atoms with Gasteiger partial charge >= 0.3 is 5.97 Å². The first kappa shape index (κ1) is 37.4. The fraction of sp³-hybridized carbons (Fsp3) is 0.512. The van der Waals surface area contributed by atoms with Crippen molar-refractivity contribution >= 4 is 27.4 Å². The van der Waals surface area contributed by atoms with Gasteiger partial charge in [-0.3, -0.25) is 9.59 Å². The number of likely N-dealkylation sites (tertiary alicyclic amines) is 2. The number of hydrogen-bond donors (Lipinski definition) is 1. The van der Waals surface area contributed by atoms with Gasteiger partial charge in [-0.05, 0) is 136 Å². The number of carbonyl (C=O) groups is 2. The number of amides is 1. The Balaban J connectivity index is 1.01. The molecule has 3 saturated heterocycles. The molecule has 0 bridgehead atoms. The smallest absolute Gasteiger partial charge is 0.305 e. The summed E-state index contributed by atoms with van der Waals surface area (Å²) < 4.78 is 61.8. The molecular formula is C41H50F2N4O5S. The maximum Gasteiger partial charge on any atom is 0.305 e. The third-order valence-corrected chi connectivity index (χ3v) is 14.3. The highest BCUT2D eigenvalue weighted by molar-refractivity contribution is 7.91. The molecule has 4 aliphatic rings. The van der Waals surface area contributed by atoms with Crippen molar-refractivity contribution in [3.63, 3.8) is 0 Å². The van der Waals surface area contributed by atoms with E-state index in [-0.39, 0.29) is 44.4 Å². The molecule has 53 heavy (non-hydrogen) atoms. The van der Waals surface area contributed by atoms with Gasteiger partial charge in [0, 0.05) is 49.5 Å². The Morgan fingerprint density at radius 2 is 1.58 bits per heavy atom. The Kier molecular flexibility index (Phi) is 10.9. The fourth-order valence-electron chi connectivity index (χ4n) is 9.76. The summed E-state index contributed by atoms with van der Waals surface area (Å²) in [6.07, 6.45) is 6.62. The highest BCUT2D eigenvalue weighted by Crippen LogP contribution is 2.54. The van der Waals surface area contributed by atoms with Crippen LogP contribution < -0.4 is 10.6 Å². The minimum absolute atomic E-state index is 0.0413. The Morgan fingerprint density at radius 3 is 2.21 bits per heavy atom. The zero-order valence-corrected chi connectivity index (χ0v) is 31.2. The molecule has 0 radical (unpaired) electrons. The molecule has 3 aromatic rings. The largest absolute Gasteiger partial charge is 0.469 e. The molecule has 3 atom stereocenters. The Bertz CT molecular complexity index is 1910. The monoisotopic (exact) mass is 748 g/mol. The van der Waals surface area contributed by atoms with E-state index in [2.05, 4.69) is 15.9 Å². The highest BCUT2D eigenvalue weighted by Gasteiger charge is 2.53. The van der Waals surface area contributed by atoms with Gasteiger partial charge < -0.3 is 25.2 Å². The van der Waals surface area contributed by atoms with Crippen molar-refractivity contribution in [1.29, 1.82) is 0 Å². The topological polar surface area (TPSA) is 113 Å². The van der Waals surface area contributed by atoms with Crippen molar-refractivity contribution in [2.45, 2.75) is 60.2 Å². The van der Waals surface area contributed by atoms with Gasteiger partial charge in [0.2, 0.25) is 15.7 Å². The molecule has 1 amide bonds. The van der Waals surface area contributed by atoms with Crippen LogP contribution >= 0.6 is 0 Å². The predicted molar refractivity (Wildman–Crippen MR) is 198 cm³/mol. The van der Waals surface area contributed by atoms with Crippen LogP contribution in [0.4, 0.5) is 14.5 Å². The van der Waals surface area contributed by atoms with Crippen LogP contribution in [0.3, 0.4) is 0 Å². The molecular weight excluding hydrogens is 699 g/mol. The Hall–Kier alpha value is -3.87. The summed E-state index contributed by atoms with van der Waals surface area (Å²) in [7, 11) is -2.52. The van der Waals surface area contributed by atoms with Gasteiger partial charge in [0.15, 0.2) is 0 Å². The van der Waals surface area contributed by atoms with Gasteiger partial charge in [-0.25, -0.2) is 17.2 Å². The SMILES string of the molecule is COC(=O)C[C@H]1CCC[C@@H]1[C@](CN1CCC1)(c1cccc(F)c1)C1CCN(CC2CN(c3ccc(S(=O)(=O)c4ccc(C(N)=O)cc4)cc3F)C2)CC1. The van der Waals surface area contributed by atoms with E-state index in [1.165, 1.54) is 56.0 Å². The van der Waals surface area contributed by atoms with E-state index < -0.39 is 21.6 Å². The number of ether oxygens (including phenoxy) is 1. The summed E-state index contributed by atoms with van der Waals surface area (Å²) in [4.78, 5) is 30.8. The number of esters is 1. The lowest BCUT2D eigenvalue weighted by atomic mass is 9.56. The number of primary amides is 1. The van der Waals surface area contributed by atoms with Crippen molar-refractivity contribution in [2.75, 3.05) is 64.4 Å². The predicted octanol–water partition coefficient (Wildman–Crippen LogP) is 5.67. The summed E-state index contributed by atoms with van der Waals surface area (Å²) in [5.41, 5.74) is 6.65. The normalized spacial score (nSPS) is 22.9. The van der Waals surface area contributed by atoms with Crippen LogP contribution in [-0.2, 0) is 24.8 Å². The molecule has 2 N–H and O–H groups in total. The molecule has 3 aliphatic heterocycles. The van der Waals surface area contributed by atoms with Gasteiger partial charge in [0.25, 0.3) is 0 Å². The molecule has 0 spiro atoms. The molecule has 3 aromatic carbocycles. The third-order valence-electron chi connectivity index (χ3n) is 12.6. The maximum absolute atomic E-state index is 15.4. The first-order valence-electron chi connectivity index (χ1n) is 18.9. The number of sulfone groups is 1. The van der Waals surface area contributed by atoms with Gasteiger partial charge in [-0.15, -0.1) is 0 Å². The highest BCUT2D eigenvalue weighted by atomic mass is 32.2. The van der Waals surface area contributed by atoms with Gasteiger partial charge in [-0.1, -0.05) is 18.6 Å². The second-order valence-corrected chi connectivity index (χ2v) is 17.6. The fourth-order valence-corrected chi connectivity index (χ4v) is 11.0. The molecule has 0 aromatic heterocycles. The maximum atomic E-state index is 15.4. The molecule has 4 fully saturated rings. The molecule has 3 heterocycles. The van der Waals surface area contributed by atoms with Crippen LogP contribution in [0, 0.1) is 35.3 Å². The van der Waals surface area contributed by atoms with Gasteiger partial charge in [0.05, 0.1) is 22.6 Å². The molecule has 12 heteroatoms. The molecule has 9 nitrogen and oxygen atoms in total. The molecule has 1 aliphatic carbocycles. The van der Waals surface area contributed by atoms with E-state index in [0.29, 0.717) is 37.0 Å². The zero-order valence-electron chi connectivity index (χ0n) is 30.4. The van der Waals surface area contributed by atoms with Crippen molar-refractivity contribution in [3.05, 3.63) is 89.5 Å². The van der Waals surface area contributed by atoms with Crippen molar-refractivity contribution < 1.29 is 31.5 Å². The lowest BCUT2D eigenvalue weighted by Crippen LogP contribution is -2.58.